The molecule has 1 aliphatic heterocycles. The van der Waals surface area contributed by atoms with E-state index in [9.17, 15) is 18.0 Å². The van der Waals surface area contributed by atoms with E-state index in [0.717, 1.165) is 63.1 Å². The lowest BCUT2D eigenvalue weighted by molar-refractivity contribution is -0.137. The number of piperidine rings is 1. The van der Waals surface area contributed by atoms with Crippen LogP contribution in [0.1, 0.15) is 65.9 Å². The molecule has 1 N–H and O–H groups in total. The third kappa shape index (κ3) is 6.70. The number of alkyl halides is 3. The summed E-state index contributed by atoms with van der Waals surface area (Å²) in [4.78, 5) is 19.4. The lowest BCUT2D eigenvalue weighted by atomic mass is 9.77. The molecule has 1 aliphatic carbocycles. The summed E-state index contributed by atoms with van der Waals surface area (Å²) in [6, 6.07) is 9.42. The van der Waals surface area contributed by atoms with Crippen molar-refractivity contribution in [2.75, 3.05) is 23.3 Å². The summed E-state index contributed by atoms with van der Waals surface area (Å²) in [5.41, 5.74) is 2.50. The van der Waals surface area contributed by atoms with Gasteiger partial charge in [0.15, 0.2) is 5.78 Å². The second-order valence-corrected chi connectivity index (χ2v) is 11.3. The largest absolute Gasteiger partial charge is 0.416 e. The van der Waals surface area contributed by atoms with Crippen molar-refractivity contribution in [3.05, 3.63) is 64.2 Å². The third-order valence-electron chi connectivity index (χ3n) is 7.76. The van der Waals surface area contributed by atoms with Gasteiger partial charge < -0.3 is 10.2 Å². The molecule has 2 aliphatic rings. The monoisotopic (exact) mass is 543 g/mol. The Morgan fingerprint density at radius 1 is 1.08 bits per heavy atom. The topological polar surface area (TPSA) is 71.0 Å². The molecule has 0 spiro atoms. The molecule has 38 heavy (non-hydrogen) atoms. The van der Waals surface area contributed by atoms with Gasteiger partial charge in [0.2, 0.25) is 0 Å². The molecule has 2 aromatic heterocycles. The third-order valence-corrected chi connectivity index (χ3v) is 8.45. The highest BCUT2D eigenvalue weighted by atomic mass is 32.1. The smallest absolute Gasteiger partial charge is 0.371 e. The maximum absolute atomic E-state index is 13.0. The van der Waals surface area contributed by atoms with E-state index in [1.54, 1.807) is 29.9 Å². The highest BCUT2D eigenvalue weighted by Crippen LogP contribution is 2.36. The molecule has 3 aromatic rings. The van der Waals surface area contributed by atoms with Gasteiger partial charge in [-0.2, -0.15) is 13.2 Å². The van der Waals surface area contributed by atoms with Crippen LogP contribution < -0.4 is 10.2 Å². The predicted octanol–water partition coefficient (Wildman–Crippen LogP) is 6.65. The minimum absolute atomic E-state index is 0.00189. The average molecular weight is 544 g/mol. The van der Waals surface area contributed by atoms with E-state index >= 15 is 0 Å². The quantitative estimate of drug-likeness (QED) is 0.321. The second-order valence-electron chi connectivity index (χ2n) is 10.4. The van der Waals surface area contributed by atoms with Crippen molar-refractivity contribution in [1.82, 2.24) is 15.2 Å². The molecule has 10 heteroatoms. The highest BCUT2D eigenvalue weighted by molar-refractivity contribution is 7.09. The highest BCUT2D eigenvalue weighted by Gasteiger charge is 2.32. The van der Waals surface area contributed by atoms with Gasteiger partial charge in [0.1, 0.15) is 16.3 Å². The molecule has 0 radical (unpaired) electrons. The van der Waals surface area contributed by atoms with Crippen molar-refractivity contribution in [3.8, 4) is 0 Å². The lowest BCUT2D eigenvalue weighted by Gasteiger charge is -2.39. The first-order valence-corrected chi connectivity index (χ1v) is 14.2. The lowest BCUT2D eigenvalue weighted by Crippen LogP contribution is -2.39. The number of carbonyl (C=O) groups excluding carboxylic acids is 1. The number of halogens is 3. The number of nitrogens with zero attached hydrogens (tertiary/aromatic N) is 4. The molecule has 1 saturated heterocycles. The summed E-state index contributed by atoms with van der Waals surface area (Å²) >= 11 is 1.37. The molecule has 1 aromatic carbocycles. The number of rotatable bonds is 8. The predicted molar refractivity (Wildman–Crippen MR) is 143 cm³/mol. The Morgan fingerprint density at radius 3 is 2.66 bits per heavy atom. The zero-order chi connectivity index (χ0) is 26.5. The number of carbonyl (C=O) groups is 1. The van der Waals surface area contributed by atoms with Gasteiger partial charge in [0, 0.05) is 36.6 Å². The van der Waals surface area contributed by atoms with E-state index in [1.807, 2.05) is 6.07 Å². The minimum atomic E-state index is -4.31. The molecular formula is C28H32F3N5OS. The minimum Gasteiger partial charge on any atom is -0.371 e. The van der Waals surface area contributed by atoms with Gasteiger partial charge in [-0.1, -0.05) is 12.8 Å². The fourth-order valence-electron chi connectivity index (χ4n) is 5.85. The summed E-state index contributed by atoms with van der Waals surface area (Å²) in [5.74, 6) is 1.70. The van der Waals surface area contributed by atoms with Crippen LogP contribution in [0.25, 0.3) is 0 Å². The summed E-state index contributed by atoms with van der Waals surface area (Å²) < 4.78 is 38.9. The maximum Gasteiger partial charge on any atom is 0.416 e. The van der Waals surface area contributed by atoms with E-state index in [1.165, 1.54) is 29.9 Å². The summed E-state index contributed by atoms with van der Waals surface area (Å²) in [6.45, 7) is 1.73. The summed E-state index contributed by atoms with van der Waals surface area (Å²) in [6.07, 6.45) is 5.41. The number of benzene rings is 1. The standard InChI is InChI=1S/C28H32F3N5OS/c29-28(30,31)22-7-9-23(10-8-22)36-13-3-4-19(17-36)14-20-5-1-2-6-24(20)34-26-15-21(11-12-32-26)25(37)16-27-35-33-18-38-27/h7-12,15,18-20,24H,1-6,13-14,16-17H2,(H,32,34)/t19-,20+,24-/m1/s1. The number of Topliss-reactive ketones (excluding diaryl/α,β-unsaturated/α-hetero) is 1. The number of hydrogen-bond acceptors (Lipinski definition) is 7. The van der Waals surface area contributed by atoms with Crippen LogP contribution in [0.15, 0.2) is 48.1 Å². The Balaban J connectivity index is 1.20. The number of hydrogen-bond donors (Lipinski definition) is 1. The Morgan fingerprint density at radius 2 is 1.89 bits per heavy atom. The molecule has 1 saturated carbocycles. The number of aromatic nitrogens is 3. The van der Waals surface area contributed by atoms with Crippen LogP contribution in [0.2, 0.25) is 0 Å². The van der Waals surface area contributed by atoms with Crippen molar-refractivity contribution in [2.24, 2.45) is 11.8 Å². The Hall–Kier alpha value is -3.01. The van der Waals surface area contributed by atoms with Gasteiger partial charge in [-0.05, 0) is 80.3 Å². The van der Waals surface area contributed by atoms with Gasteiger partial charge >= 0.3 is 6.18 Å². The van der Waals surface area contributed by atoms with Crippen molar-refractivity contribution >= 4 is 28.6 Å². The van der Waals surface area contributed by atoms with Crippen LogP contribution >= 0.6 is 11.3 Å². The van der Waals surface area contributed by atoms with Crippen LogP contribution in [0, 0.1) is 11.8 Å². The first-order valence-electron chi connectivity index (χ1n) is 13.3. The molecule has 5 rings (SSSR count). The molecule has 3 heterocycles. The van der Waals surface area contributed by atoms with Gasteiger partial charge in [0.05, 0.1) is 12.0 Å². The van der Waals surface area contributed by atoms with Gasteiger partial charge in [-0.15, -0.1) is 21.5 Å². The fraction of sp³-hybridized carbons (Fsp3) is 0.500. The molecular weight excluding hydrogens is 511 g/mol. The number of pyridine rings is 1. The maximum atomic E-state index is 13.0. The van der Waals surface area contributed by atoms with E-state index in [4.69, 9.17) is 0 Å². The van der Waals surface area contributed by atoms with E-state index in [2.05, 4.69) is 25.4 Å². The van der Waals surface area contributed by atoms with Crippen LogP contribution in [0.4, 0.5) is 24.7 Å². The number of ketones is 1. The normalized spacial score (nSPS) is 22.3. The SMILES string of the molecule is O=C(Cc1nncs1)c1ccnc(N[C@@H]2CCCC[C@H]2C[C@H]2CCCN(c3ccc(C(F)(F)F)cc3)C2)c1. The average Bonchev–Trinajstić information content (AvgIpc) is 3.43. The molecule has 3 atom stereocenters. The van der Waals surface area contributed by atoms with Gasteiger partial charge in [0.25, 0.3) is 0 Å². The first-order chi connectivity index (χ1) is 18.3. The van der Waals surface area contributed by atoms with E-state index in [-0.39, 0.29) is 18.2 Å². The fourth-order valence-corrected chi connectivity index (χ4v) is 6.37. The summed E-state index contributed by atoms with van der Waals surface area (Å²) in [7, 11) is 0. The van der Waals surface area contributed by atoms with E-state index in [0.29, 0.717) is 22.4 Å². The van der Waals surface area contributed by atoms with Crippen LogP contribution in [0.5, 0.6) is 0 Å². The second kappa shape index (κ2) is 11.8. The zero-order valence-corrected chi connectivity index (χ0v) is 22.0. The Labute approximate surface area is 224 Å². The Bertz CT molecular complexity index is 1200. The molecule has 0 unspecified atom stereocenters. The Kier molecular flexibility index (Phi) is 8.26. The number of anilines is 2. The van der Waals surface area contributed by atoms with Gasteiger partial charge in [-0.3, -0.25) is 4.79 Å². The number of nitrogens with one attached hydrogen (secondary N) is 1. The van der Waals surface area contributed by atoms with Crippen LogP contribution in [0.3, 0.4) is 0 Å². The zero-order valence-electron chi connectivity index (χ0n) is 21.2. The van der Waals surface area contributed by atoms with Crippen molar-refractivity contribution in [2.45, 2.75) is 63.6 Å². The molecule has 6 nitrogen and oxygen atoms in total. The van der Waals surface area contributed by atoms with Gasteiger partial charge in [-0.25, -0.2) is 4.98 Å². The van der Waals surface area contributed by atoms with Crippen LogP contribution in [-0.4, -0.2) is 40.1 Å². The van der Waals surface area contributed by atoms with Crippen molar-refractivity contribution in [3.63, 3.8) is 0 Å². The summed E-state index contributed by atoms with van der Waals surface area (Å²) in [5, 5.41) is 12.1. The van der Waals surface area contributed by atoms with Crippen molar-refractivity contribution in [1.29, 1.82) is 0 Å². The molecule has 0 amide bonds. The van der Waals surface area contributed by atoms with Crippen molar-refractivity contribution < 1.29 is 18.0 Å². The molecule has 2 fully saturated rings. The first kappa shape index (κ1) is 26.6. The molecule has 0 bridgehead atoms. The van der Waals surface area contributed by atoms with Crippen LogP contribution in [-0.2, 0) is 12.6 Å². The van der Waals surface area contributed by atoms with E-state index < -0.39 is 11.7 Å². The molecule has 202 valence electrons.